The molecule has 2 nitrogen and oxygen atoms in total. The predicted octanol–water partition coefficient (Wildman–Crippen LogP) is 4.34. The van der Waals surface area contributed by atoms with Crippen LogP contribution in [0, 0.1) is 0 Å². The van der Waals surface area contributed by atoms with Crippen molar-refractivity contribution >= 4 is 18.8 Å². The van der Waals surface area contributed by atoms with Gasteiger partial charge in [0.05, 0.1) is 12.2 Å². The lowest BCUT2D eigenvalue weighted by molar-refractivity contribution is -0.136. The third-order valence-electron chi connectivity index (χ3n) is 2.10. The zero-order valence-corrected chi connectivity index (χ0v) is 11.1. The summed E-state index contributed by atoms with van der Waals surface area (Å²) in [6, 6.07) is 9.35. The molecule has 0 bridgehead atoms. The van der Waals surface area contributed by atoms with Crippen LogP contribution in [-0.4, -0.2) is 19.8 Å². The van der Waals surface area contributed by atoms with Crippen LogP contribution in [0.25, 0.3) is 5.57 Å². The maximum atomic E-state index is 11.5. The highest BCUT2D eigenvalue weighted by molar-refractivity contribution is 6.50. The van der Waals surface area contributed by atoms with E-state index in [0.29, 0.717) is 12.2 Å². The number of carbonyl (C=O) groups is 1. The second-order valence-electron chi connectivity index (χ2n) is 3.83. The Morgan fingerprint density at radius 1 is 1.20 bits per heavy atom. The minimum absolute atomic E-state index is 0.324. The van der Waals surface area contributed by atoms with Crippen LogP contribution in [0.5, 0.6) is 0 Å². The molecule has 1 aromatic carbocycles. The van der Waals surface area contributed by atoms with E-state index in [0.717, 1.165) is 18.4 Å². The number of ether oxygens (including phenoxy) is 1. The monoisotopic (exact) mass is 291 g/mol. The largest absolute Gasteiger partial charge is 0.673 e. The molecule has 112 valence electrons. The molecule has 0 saturated carbocycles. The summed E-state index contributed by atoms with van der Waals surface area (Å²) in [4.78, 5) is 11.5. The van der Waals surface area contributed by atoms with Crippen molar-refractivity contribution in [2.45, 2.75) is 19.8 Å². The molecule has 0 aliphatic heterocycles. The van der Waals surface area contributed by atoms with Crippen molar-refractivity contribution in [3.63, 3.8) is 0 Å². The second-order valence-corrected chi connectivity index (χ2v) is 3.83. The van der Waals surface area contributed by atoms with E-state index in [2.05, 4.69) is 13.5 Å². The number of carbonyl (C=O) groups excluding carboxylic acids is 1. The van der Waals surface area contributed by atoms with Gasteiger partial charge >= 0.3 is 13.2 Å². The van der Waals surface area contributed by atoms with Crippen LogP contribution in [0.4, 0.5) is 17.3 Å². The Kier molecular flexibility index (Phi) is 8.35. The lowest BCUT2D eigenvalue weighted by atomic mass is 10.1. The molecular weight excluding hydrogens is 275 g/mol. The van der Waals surface area contributed by atoms with E-state index in [4.69, 9.17) is 4.74 Å². The standard InChI is InChI=1S/C13H16O2.BF4/c1-3-4-10-15-13(14)11(2)12-8-6-5-7-9-12;2-1(3,4)5/h5-9H,2-4,10H2,1H3;/q;-1. The quantitative estimate of drug-likeness (QED) is 0.265. The first kappa shape index (κ1) is 18.2. The maximum absolute atomic E-state index is 11.5. The Morgan fingerprint density at radius 3 is 2.15 bits per heavy atom. The smallest absolute Gasteiger partial charge is 0.462 e. The number of benzene rings is 1. The molecule has 0 aromatic heterocycles. The number of hydrogen-bond acceptors (Lipinski definition) is 2. The van der Waals surface area contributed by atoms with E-state index < -0.39 is 7.25 Å². The van der Waals surface area contributed by atoms with Crippen LogP contribution >= 0.6 is 0 Å². The van der Waals surface area contributed by atoms with E-state index in [-0.39, 0.29) is 5.97 Å². The molecule has 0 aliphatic rings. The van der Waals surface area contributed by atoms with Crippen molar-refractivity contribution in [2.24, 2.45) is 0 Å². The fraction of sp³-hybridized carbons (Fsp3) is 0.308. The van der Waals surface area contributed by atoms with Gasteiger partial charge in [0.2, 0.25) is 0 Å². The predicted molar refractivity (Wildman–Crippen MR) is 71.5 cm³/mol. The molecular formula is C13H16BF4O2-. The van der Waals surface area contributed by atoms with Crippen molar-refractivity contribution in [1.29, 1.82) is 0 Å². The first-order chi connectivity index (χ1) is 9.25. The fourth-order valence-corrected chi connectivity index (χ4v) is 1.15. The highest BCUT2D eigenvalue weighted by atomic mass is 19.5. The van der Waals surface area contributed by atoms with Crippen LogP contribution in [-0.2, 0) is 9.53 Å². The van der Waals surface area contributed by atoms with Crippen LogP contribution < -0.4 is 0 Å². The molecule has 0 saturated heterocycles. The second kappa shape index (κ2) is 9.17. The van der Waals surface area contributed by atoms with Gasteiger partial charge in [-0.2, -0.15) is 0 Å². The Labute approximate surface area is 115 Å². The Balaban J connectivity index is 0.000000621. The van der Waals surface area contributed by atoms with Gasteiger partial charge in [-0.3, -0.25) is 0 Å². The van der Waals surface area contributed by atoms with Crippen molar-refractivity contribution < 1.29 is 26.8 Å². The van der Waals surface area contributed by atoms with Crippen molar-refractivity contribution in [3.05, 3.63) is 42.5 Å². The highest BCUT2D eigenvalue weighted by Crippen LogP contribution is 2.13. The molecule has 1 rings (SSSR count). The van der Waals surface area contributed by atoms with Gasteiger partial charge in [0.1, 0.15) is 0 Å². The molecule has 0 spiro atoms. The number of unbranched alkanes of at least 4 members (excludes halogenated alkanes) is 1. The summed E-state index contributed by atoms with van der Waals surface area (Å²) >= 11 is 0. The lowest BCUT2D eigenvalue weighted by Crippen LogP contribution is -2.07. The third-order valence-corrected chi connectivity index (χ3v) is 2.10. The molecule has 0 radical (unpaired) electrons. The Bertz CT molecular complexity index is 412. The van der Waals surface area contributed by atoms with Crippen molar-refractivity contribution in [2.75, 3.05) is 6.61 Å². The molecule has 20 heavy (non-hydrogen) atoms. The van der Waals surface area contributed by atoms with Crippen LogP contribution in [0.2, 0.25) is 0 Å². The number of rotatable bonds is 5. The lowest BCUT2D eigenvalue weighted by Gasteiger charge is -2.06. The SMILES string of the molecule is C=C(C(=O)OCCCC)c1ccccc1.F[B-](F)(F)F. The molecule has 0 atom stereocenters. The summed E-state index contributed by atoms with van der Waals surface area (Å²) in [6.07, 6.45) is 1.92. The van der Waals surface area contributed by atoms with Crippen LogP contribution in [0.1, 0.15) is 25.3 Å². The summed E-state index contributed by atoms with van der Waals surface area (Å²) in [5, 5.41) is 0. The average Bonchev–Trinajstić information content (AvgIpc) is 2.37. The van der Waals surface area contributed by atoms with Gasteiger partial charge in [0, 0.05) is 0 Å². The normalized spacial score (nSPS) is 10.2. The Morgan fingerprint density at radius 2 is 1.70 bits per heavy atom. The first-order valence-corrected chi connectivity index (χ1v) is 6.04. The van der Waals surface area contributed by atoms with E-state index in [1.165, 1.54) is 0 Å². The molecule has 0 fully saturated rings. The summed E-state index contributed by atoms with van der Waals surface area (Å²) in [7, 11) is -6.00. The van der Waals surface area contributed by atoms with Crippen molar-refractivity contribution in [3.8, 4) is 0 Å². The summed E-state index contributed by atoms with van der Waals surface area (Å²) < 4.78 is 44.1. The summed E-state index contributed by atoms with van der Waals surface area (Å²) in [5.41, 5.74) is 1.24. The van der Waals surface area contributed by atoms with Crippen molar-refractivity contribution in [1.82, 2.24) is 0 Å². The van der Waals surface area contributed by atoms with E-state index in [1.54, 1.807) is 0 Å². The van der Waals surface area contributed by atoms with Crippen LogP contribution in [0.15, 0.2) is 36.9 Å². The minimum Gasteiger partial charge on any atom is -0.462 e. The van der Waals surface area contributed by atoms with Gasteiger partial charge in [-0.25, -0.2) is 4.79 Å². The van der Waals surface area contributed by atoms with Crippen LogP contribution in [0.3, 0.4) is 0 Å². The Hall–Kier alpha value is -1.79. The van der Waals surface area contributed by atoms with E-state index >= 15 is 0 Å². The third kappa shape index (κ3) is 10.2. The van der Waals surface area contributed by atoms with Gasteiger partial charge in [-0.1, -0.05) is 50.3 Å². The molecule has 0 N–H and O–H groups in total. The molecule has 0 unspecified atom stereocenters. The zero-order valence-electron chi connectivity index (χ0n) is 11.1. The number of halogens is 4. The fourth-order valence-electron chi connectivity index (χ4n) is 1.15. The molecule has 0 aliphatic carbocycles. The van der Waals surface area contributed by atoms with E-state index in [9.17, 15) is 22.1 Å². The minimum atomic E-state index is -6.00. The van der Waals surface area contributed by atoms with E-state index in [1.807, 2.05) is 30.3 Å². The zero-order chi connectivity index (χ0) is 15.6. The average molecular weight is 291 g/mol. The van der Waals surface area contributed by atoms with Gasteiger partial charge in [-0.15, -0.1) is 0 Å². The van der Waals surface area contributed by atoms with Gasteiger partial charge in [0.25, 0.3) is 0 Å². The highest BCUT2D eigenvalue weighted by Gasteiger charge is 2.20. The summed E-state index contributed by atoms with van der Waals surface area (Å²) in [5.74, 6) is -0.324. The molecule has 7 heteroatoms. The molecule has 1 aromatic rings. The number of esters is 1. The van der Waals surface area contributed by atoms with Gasteiger partial charge < -0.3 is 22.0 Å². The maximum Gasteiger partial charge on any atom is 0.673 e. The number of hydrogen-bond donors (Lipinski definition) is 0. The van der Waals surface area contributed by atoms with Gasteiger partial charge in [-0.05, 0) is 12.0 Å². The molecule has 0 heterocycles. The summed E-state index contributed by atoms with van der Waals surface area (Å²) in [6.45, 7) is 6.26. The topological polar surface area (TPSA) is 26.3 Å². The first-order valence-electron chi connectivity index (χ1n) is 6.04. The molecule has 0 amide bonds. The van der Waals surface area contributed by atoms with Gasteiger partial charge in [0.15, 0.2) is 0 Å².